The van der Waals surface area contributed by atoms with Gasteiger partial charge in [0.15, 0.2) is 5.82 Å². The zero-order chi connectivity index (χ0) is 26.0. The third-order valence-corrected chi connectivity index (χ3v) is 7.55. The van der Waals surface area contributed by atoms with E-state index in [1.54, 1.807) is 44.6 Å². The van der Waals surface area contributed by atoms with E-state index in [0.29, 0.717) is 11.6 Å². The highest BCUT2D eigenvalue weighted by Gasteiger charge is 2.32. The van der Waals surface area contributed by atoms with Gasteiger partial charge in [0.2, 0.25) is 16.0 Å². The predicted molar refractivity (Wildman–Crippen MR) is 131 cm³/mol. The molecule has 0 aliphatic carbocycles. The first-order chi connectivity index (χ1) is 17.1. The summed E-state index contributed by atoms with van der Waals surface area (Å²) in [4.78, 5) is 12.8. The Morgan fingerprint density at radius 2 is 1.61 bits per heavy atom. The smallest absolute Gasteiger partial charge is 0.243 e. The first kappa shape index (κ1) is 25.1. The fourth-order valence-electron chi connectivity index (χ4n) is 3.47. The number of aryl methyl sites for hydroxylation is 1. The van der Waals surface area contributed by atoms with Crippen LogP contribution in [0.2, 0.25) is 0 Å². The Bertz CT molecular complexity index is 1470. The molecular weight excluding hydrogens is 490 g/mol. The van der Waals surface area contributed by atoms with Crippen LogP contribution in [-0.4, -0.2) is 50.4 Å². The van der Waals surface area contributed by atoms with Crippen LogP contribution in [0, 0.1) is 18.6 Å². The minimum atomic E-state index is -4.14. The van der Waals surface area contributed by atoms with Crippen LogP contribution in [0.5, 0.6) is 0 Å². The molecule has 0 radical (unpaired) electrons. The van der Waals surface area contributed by atoms with Crippen molar-refractivity contribution in [1.82, 2.24) is 29.7 Å². The van der Waals surface area contributed by atoms with E-state index in [-0.39, 0.29) is 11.5 Å². The van der Waals surface area contributed by atoms with Crippen LogP contribution in [0.3, 0.4) is 0 Å². The SMILES string of the molecule is CNc1cccc(-c2nnc(NS(=O)(=O)[C@H](C)[C@H](C)c3ncc(C)cn3)n2-c2c(F)cccc2F)n1. The van der Waals surface area contributed by atoms with Gasteiger partial charge < -0.3 is 5.32 Å². The second-order valence-corrected chi connectivity index (χ2v) is 10.2. The summed E-state index contributed by atoms with van der Waals surface area (Å²) in [6.45, 7) is 4.98. The maximum absolute atomic E-state index is 14.9. The van der Waals surface area contributed by atoms with Crippen molar-refractivity contribution in [1.29, 1.82) is 0 Å². The molecule has 188 valence electrons. The van der Waals surface area contributed by atoms with Gasteiger partial charge in [-0.15, -0.1) is 10.2 Å². The monoisotopic (exact) mass is 514 g/mol. The number of pyridine rings is 1. The highest BCUT2D eigenvalue weighted by Crippen LogP contribution is 2.30. The second-order valence-electron chi connectivity index (χ2n) is 8.17. The lowest BCUT2D eigenvalue weighted by molar-refractivity contribution is 0.564. The van der Waals surface area contributed by atoms with Gasteiger partial charge in [0.05, 0.1) is 5.25 Å². The molecule has 0 saturated carbocycles. The van der Waals surface area contributed by atoms with Gasteiger partial charge in [0, 0.05) is 25.4 Å². The van der Waals surface area contributed by atoms with Crippen LogP contribution in [0.1, 0.15) is 31.2 Å². The van der Waals surface area contributed by atoms with E-state index in [1.165, 1.54) is 13.0 Å². The van der Waals surface area contributed by atoms with Crippen molar-refractivity contribution in [2.75, 3.05) is 17.1 Å². The average Bonchev–Trinajstić information content (AvgIpc) is 3.25. The Balaban J connectivity index is 1.80. The number of rotatable bonds is 8. The molecule has 2 N–H and O–H groups in total. The van der Waals surface area contributed by atoms with E-state index < -0.39 is 44.5 Å². The molecule has 3 aromatic heterocycles. The zero-order valence-electron chi connectivity index (χ0n) is 19.9. The molecule has 1 aromatic carbocycles. The van der Waals surface area contributed by atoms with Gasteiger partial charge >= 0.3 is 0 Å². The van der Waals surface area contributed by atoms with Crippen molar-refractivity contribution >= 4 is 21.8 Å². The number of anilines is 2. The molecule has 0 spiro atoms. The van der Waals surface area contributed by atoms with Crippen molar-refractivity contribution in [3.05, 3.63) is 71.8 Å². The lowest BCUT2D eigenvalue weighted by Crippen LogP contribution is -2.31. The van der Waals surface area contributed by atoms with Crippen molar-refractivity contribution in [2.24, 2.45) is 0 Å². The minimum absolute atomic E-state index is 0.0589. The van der Waals surface area contributed by atoms with Crippen molar-refractivity contribution in [2.45, 2.75) is 31.9 Å². The summed E-state index contributed by atoms with van der Waals surface area (Å²) in [6, 6.07) is 8.23. The van der Waals surface area contributed by atoms with E-state index >= 15 is 0 Å². The molecule has 0 aliphatic heterocycles. The molecule has 13 heteroatoms. The van der Waals surface area contributed by atoms with Gasteiger partial charge in [-0.1, -0.05) is 19.1 Å². The summed E-state index contributed by atoms with van der Waals surface area (Å²) in [6.07, 6.45) is 3.20. The van der Waals surface area contributed by atoms with Crippen LogP contribution < -0.4 is 10.0 Å². The Morgan fingerprint density at radius 1 is 0.972 bits per heavy atom. The Hall–Kier alpha value is -4.00. The van der Waals surface area contributed by atoms with E-state index in [9.17, 15) is 17.2 Å². The number of para-hydroxylation sites is 1. The number of hydrogen-bond acceptors (Lipinski definition) is 8. The topological polar surface area (TPSA) is 128 Å². The van der Waals surface area contributed by atoms with Gasteiger partial charge in [-0.3, -0.25) is 9.29 Å². The number of sulfonamides is 1. The fourth-order valence-corrected chi connectivity index (χ4v) is 4.70. The van der Waals surface area contributed by atoms with Gasteiger partial charge in [-0.05, 0) is 43.7 Å². The molecular formula is C23H24F2N8O2S. The molecule has 0 fully saturated rings. The summed E-state index contributed by atoms with van der Waals surface area (Å²) in [7, 11) is -2.48. The van der Waals surface area contributed by atoms with E-state index in [1.807, 2.05) is 6.92 Å². The number of nitrogens with zero attached hydrogens (tertiary/aromatic N) is 6. The van der Waals surface area contributed by atoms with Crippen LogP contribution >= 0.6 is 0 Å². The number of aromatic nitrogens is 6. The van der Waals surface area contributed by atoms with Crippen molar-refractivity contribution < 1.29 is 17.2 Å². The Labute approximate surface area is 206 Å². The van der Waals surface area contributed by atoms with E-state index in [2.05, 4.69) is 35.2 Å². The lowest BCUT2D eigenvalue weighted by atomic mass is 10.1. The van der Waals surface area contributed by atoms with Crippen LogP contribution in [-0.2, 0) is 10.0 Å². The van der Waals surface area contributed by atoms with Gasteiger partial charge in [0.1, 0.15) is 34.7 Å². The molecule has 36 heavy (non-hydrogen) atoms. The maximum Gasteiger partial charge on any atom is 0.243 e. The molecule has 0 unspecified atom stereocenters. The van der Waals surface area contributed by atoms with Crippen LogP contribution in [0.25, 0.3) is 17.2 Å². The van der Waals surface area contributed by atoms with Crippen molar-refractivity contribution in [3.8, 4) is 17.2 Å². The Kier molecular flexibility index (Phi) is 6.93. The largest absolute Gasteiger partial charge is 0.373 e. The Morgan fingerprint density at radius 3 is 2.25 bits per heavy atom. The molecule has 3 heterocycles. The second kappa shape index (κ2) is 9.93. The third kappa shape index (κ3) is 4.87. The normalized spacial score (nSPS) is 13.3. The summed E-state index contributed by atoms with van der Waals surface area (Å²) in [5.74, 6) is -2.11. The van der Waals surface area contributed by atoms with E-state index in [4.69, 9.17) is 0 Å². The van der Waals surface area contributed by atoms with Crippen molar-refractivity contribution in [3.63, 3.8) is 0 Å². The molecule has 0 aliphatic rings. The molecule has 0 bridgehead atoms. The van der Waals surface area contributed by atoms with Gasteiger partial charge in [0.25, 0.3) is 0 Å². The molecule has 4 aromatic rings. The summed E-state index contributed by atoms with van der Waals surface area (Å²) < 4.78 is 59.7. The summed E-state index contributed by atoms with van der Waals surface area (Å²) in [5.41, 5.74) is 0.509. The van der Waals surface area contributed by atoms with Crippen LogP contribution in [0.4, 0.5) is 20.5 Å². The lowest BCUT2D eigenvalue weighted by Gasteiger charge is -2.20. The highest BCUT2D eigenvalue weighted by atomic mass is 32.2. The first-order valence-corrected chi connectivity index (χ1v) is 12.5. The number of nitrogens with one attached hydrogen (secondary N) is 2. The summed E-state index contributed by atoms with van der Waals surface area (Å²) >= 11 is 0. The number of halogens is 2. The first-order valence-electron chi connectivity index (χ1n) is 11.0. The fraction of sp³-hybridized carbons (Fsp3) is 0.261. The molecule has 0 saturated heterocycles. The zero-order valence-corrected chi connectivity index (χ0v) is 20.8. The van der Waals surface area contributed by atoms with Crippen LogP contribution in [0.15, 0.2) is 48.8 Å². The third-order valence-electron chi connectivity index (χ3n) is 5.69. The predicted octanol–water partition coefficient (Wildman–Crippen LogP) is 3.68. The van der Waals surface area contributed by atoms with E-state index in [0.717, 1.165) is 22.3 Å². The van der Waals surface area contributed by atoms with Gasteiger partial charge in [-0.25, -0.2) is 32.2 Å². The van der Waals surface area contributed by atoms with Gasteiger partial charge in [-0.2, -0.15) is 0 Å². The molecule has 0 amide bonds. The number of benzene rings is 1. The molecule has 4 rings (SSSR count). The maximum atomic E-state index is 14.9. The standard InChI is InChI=1S/C23H24F2N8O2S/c1-13-11-27-21(28-12-13)14(2)15(3)36(34,35)32-23-31-30-22(18-9-6-10-19(26-4)29-18)33(23)20-16(24)7-5-8-17(20)25/h5-12,14-15H,1-4H3,(H,26,29)(H,31,32)/t14-,15+/m0/s1. The minimum Gasteiger partial charge on any atom is -0.373 e. The highest BCUT2D eigenvalue weighted by molar-refractivity contribution is 7.93. The molecule has 2 atom stereocenters. The molecule has 10 nitrogen and oxygen atoms in total. The quantitative estimate of drug-likeness (QED) is 0.365. The average molecular weight is 515 g/mol. The number of hydrogen-bond donors (Lipinski definition) is 2. The summed E-state index contributed by atoms with van der Waals surface area (Å²) in [5, 5.41) is 9.78.